The van der Waals surface area contributed by atoms with E-state index >= 15 is 0 Å². The minimum Gasteiger partial charge on any atom is -0.493 e. The van der Waals surface area contributed by atoms with Gasteiger partial charge in [0.25, 0.3) is 5.91 Å². The van der Waals surface area contributed by atoms with Crippen molar-refractivity contribution in [2.24, 2.45) is 0 Å². The fourth-order valence-electron chi connectivity index (χ4n) is 2.69. The molecule has 1 amide bonds. The largest absolute Gasteiger partial charge is 0.493 e. The van der Waals surface area contributed by atoms with Crippen LogP contribution >= 0.6 is 0 Å². The minimum atomic E-state index is -0.695. The van der Waals surface area contributed by atoms with Crippen molar-refractivity contribution in [3.05, 3.63) is 53.3 Å². The van der Waals surface area contributed by atoms with Crippen LogP contribution in [0.4, 0.5) is 4.39 Å². The molecule has 8 heteroatoms. The molecule has 3 rings (SSSR count). The first kappa shape index (κ1) is 19.5. The molecule has 0 aliphatic carbocycles. The van der Waals surface area contributed by atoms with Crippen molar-refractivity contribution < 1.29 is 32.9 Å². The number of halogens is 1. The number of ether oxygens (including phenoxy) is 4. The number of benzene rings is 2. The zero-order valence-corrected chi connectivity index (χ0v) is 15.3. The molecule has 2 aromatic rings. The molecule has 0 spiro atoms. The van der Waals surface area contributed by atoms with E-state index < -0.39 is 18.5 Å². The number of esters is 1. The van der Waals surface area contributed by atoms with Gasteiger partial charge in [0.15, 0.2) is 18.1 Å². The molecular weight excluding hydrogens is 369 g/mol. The molecule has 7 nitrogen and oxygen atoms in total. The van der Waals surface area contributed by atoms with Crippen LogP contribution in [0.25, 0.3) is 0 Å². The maximum Gasteiger partial charge on any atom is 0.338 e. The maximum absolute atomic E-state index is 13.5. The lowest BCUT2D eigenvalue weighted by molar-refractivity contribution is -0.124. The molecule has 2 aromatic carbocycles. The number of carbonyl (C=O) groups excluding carboxylic acids is 2. The summed E-state index contributed by atoms with van der Waals surface area (Å²) in [6, 6.07) is 9.28. The summed E-state index contributed by atoms with van der Waals surface area (Å²) in [5, 5.41) is 2.59. The standard InChI is InChI=1S/C20H20FNO6/c1-25-16-10-14(11-17-19(16)27-9-8-26-17)20(24)28-12-18(23)22-7-6-13-4-2-3-5-15(13)21/h2-5,10-11H,6-9,12H2,1H3,(H,22,23). The van der Waals surface area contributed by atoms with Crippen LogP contribution in [0, 0.1) is 5.82 Å². The van der Waals surface area contributed by atoms with Gasteiger partial charge in [-0.15, -0.1) is 0 Å². The van der Waals surface area contributed by atoms with Gasteiger partial charge in [-0.3, -0.25) is 4.79 Å². The lowest BCUT2D eigenvalue weighted by atomic mass is 10.1. The van der Waals surface area contributed by atoms with Gasteiger partial charge >= 0.3 is 5.97 Å². The summed E-state index contributed by atoms with van der Waals surface area (Å²) < 4.78 is 34.7. The van der Waals surface area contributed by atoms with Crippen LogP contribution in [0.3, 0.4) is 0 Å². The summed E-state index contributed by atoms with van der Waals surface area (Å²) in [6.45, 7) is 0.529. The van der Waals surface area contributed by atoms with E-state index in [1.807, 2.05) is 0 Å². The maximum atomic E-state index is 13.5. The van der Waals surface area contributed by atoms with Gasteiger partial charge in [-0.2, -0.15) is 0 Å². The molecule has 0 atom stereocenters. The van der Waals surface area contributed by atoms with E-state index in [4.69, 9.17) is 18.9 Å². The average Bonchev–Trinajstić information content (AvgIpc) is 2.72. The predicted octanol–water partition coefficient (Wildman–Crippen LogP) is 2.12. The molecule has 0 radical (unpaired) electrons. The Kier molecular flexibility index (Phi) is 6.31. The van der Waals surface area contributed by atoms with Gasteiger partial charge in [0.05, 0.1) is 12.7 Å². The number of hydrogen-bond acceptors (Lipinski definition) is 6. The minimum absolute atomic E-state index is 0.181. The van der Waals surface area contributed by atoms with E-state index in [9.17, 15) is 14.0 Å². The van der Waals surface area contributed by atoms with Crippen molar-refractivity contribution in [3.8, 4) is 17.2 Å². The van der Waals surface area contributed by atoms with Crippen molar-refractivity contribution in [3.63, 3.8) is 0 Å². The second-order valence-electron chi connectivity index (χ2n) is 5.97. The zero-order valence-electron chi connectivity index (χ0n) is 15.3. The molecule has 28 heavy (non-hydrogen) atoms. The zero-order chi connectivity index (χ0) is 19.9. The Hall–Kier alpha value is -3.29. The third-order valence-electron chi connectivity index (χ3n) is 4.07. The number of amides is 1. The van der Waals surface area contributed by atoms with Crippen LogP contribution < -0.4 is 19.5 Å². The second kappa shape index (κ2) is 9.07. The second-order valence-corrected chi connectivity index (χ2v) is 5.97. The molecule has 0 aromatic heterocycles. The van der Waals surface area contributed by atoms with Gasteiger partial charge in [-0.25, -0.2) is 9.18 Å². The van der Waals surface area contributed by atoms with Gasteiger partial charge in [-0.05, 0) is 30.2 Å². The normalized spacial score (nSPS) is 12.2. The summed E-state index contributed by atoms with van der Waals surface area (Å²) in [5.41, 5.74) is 0.684. The summed E-state index contributed by atoms with van der Waals surface area (Å²) in [6.07, 6.45) is 0.339. The smallest absolute Gasteiger partial charge is 0.338 e. The van der Waals surface area contributed by atoms with E-state index in [1.165, 1.54) is 25.3 Å². The Balaban J connectivity index is 1.51. The van der Waals surface area contributed by atoms with Gasteiger partial charge in [0.2, 0.25) is 5.75 Å². The van der Waals surface area contributed by atoms with Gasteiger partial charge in [0, 0.05) is 6.54 Å². The van der Waals surface area contributed by atoms with Crippen LogP contribution in [0.1, 0.15) is 15.9 Å². The summed E-state index contributed by atoms with van der Waals surface area (Å²) >= 11 is 0. The Morgan fingerprint density at radius 2 is 1.96 bits per heavy atom. The average molecular weight is 389 g/mol. The van der Waals surface area contributed by atoms with Crippen molar-refractivity contribution in [1.29, 1.82) is 0 Å². The molecular formula is C20H20FNO6. The van der Waals surface area contributed by atoms with Gasteiger partial charge < -0.3 is 24.3 Å². The van der Waals surface area contributed by atoms with E-state index in [-0.39, 0.29) is 17.9 Å². The molecule has 1 aliphatic rings. The van der Waals surface area contributed by atoms with E-state index in [1.54, 1.807) is 18.2 Å². The van der Waals surface area contributed by atoms with Crippen molar-refractivity contribution in [2.75, 3.05) is 33.5 Å². The topological polar surface area (TPSA) is 83.1 Å². The van der Waals surface area contributed by atoms with E-state index in [2.05, 4.69) is 5.32 Å². The Morgan fingerprint density at radius 3 is 2.75 bits per heavy atom. The Labute approximate surface area is 161 Å². The van der Waals surface area contributed by atoms with E-state index in [0.29, 0.717) is 42.4 Å². The molecule has 1 N–H and O–H groups in total. The summed E-state index contributed by atoms with van der Waals surface area (Å²) in [4.78, 5) is 24.1. The molecule has 0 saturated carbocycles. The highest BCUT2D eigenvalue weighted by molar-refractivity contribution is 5.92. The Bertz CT molecular complexity index is 853. The third-order valence-corrected chi connectivity index (χ3v) is 4.07. The third kappa shape index (κ3) is 4.70. The van der Waals surface area contributed by atoms with Crippen LogP contribution in [-0.4, -0.2) is 45.4 Å². The fourth-order valence-corrected chi connectivity index (χ4v) is 2.69. The number of methoxy groups -OCH3 is 1. The monoisotopic (exact) mass is 389 g/mol. The molecule has 1 aliphatic heterocycles. The van der Waals surface area contributed by atoms with Gasteiger partial charge in [-0.1, -0.05) is 18.2 Å². The van der Waals surface area contributed by atoms with Gasteiger partial charge in [0.1, 0.15) is 19.0 Å². The van der Waals surface area contributed by atoms with E-state index in [0.717, 1.165) is 0 Å². The molecule has 1 heterocycles. The van der Waals surface area contributed by atoms with Crippen molar-refractivity contribution >= 4 is 11.9 Å². The number of hydrogen-bond donors (Lipinski definition) is 1. The lowest BCUT2D eigenvalue weighted by Crippen LogP contribution is -2.30. The molecule has 148 valence electrons. The summed E-state index contributed by atoms with van der Waals surface area (Å²) in [5.74, 6) is -0.342. The number of rotatable bonds is 7. The SMILES string of the molecule is COc1cc(C(=O)OCC(=O)NCCc2ccccc2F)cc2c1OCCO2. The summed E-state index contributed by atoms with van der Waals surface area (Å²) in [7, 11) is 1.45. The van der Waals surface area contributed by atoms with Crippen LogP contribution in [0.2, 0.25) is 0 Å². The first-order chi connectivity index (χ1) is 13.6. The van der Waals surface area contributed by atoms with Crippen LogP contribution in [0.5, 0.6) is 17.2 Å². The number of nitrogens with one attached hydrogen (secondary N) is 1. The highest BCUT2D eigenvalue weighted by Gasteiger charge is 2.22. The number of fused-ring (bicyclic) bond motifs is 1. The highest BCUT2D eigenvalue weighted by Crippen LogP contribution is 2.40. The quantitative estimate of drug-likeness (QED) is 0.731. The molecule has 0 unspecified atom stereocenters. The highest BCUT2D eigenvalue weighted by atomic mass is 19.1. The fraction of sp³-hybridized carbons (Fsp3) is 0.300. The number of carbonyl (C=O) groups is 2. The lowest BCUT2D eigenvalue weighted by Gasteiger charge is -2.21. The van der Waals surface area contributed by atoms with Crippen LogP contribution in [-0.2, 0) is 16.0 Å². The van der Waals surface area contributed by atoms with Crippen molar-refractivity contribution in [2.45, 2.75) is 6.42 Å². The molecule has 0 saturated heterocycles. The molecule has 0 bridgehead atoms. The predicted molar refractivity (Wildman–Crippen MR) is 97.4 cm³/mol. The first-order valence-corrected chi connectivity index (χ1v) is 8.73. The first-order valence-electron chi connectivity index (χ1n) is 8.73. The Morgan fingerprint density at radius 1 is 1.18 bits per heavy atom. The van der Waals surface area contributed by atoms with Crippen molar-refractivity contribution in [1.82, 2.24) is 5.32 Å². The molecule has 0 fully saturated rings. The van der Waals surface area contributed by atoms with Crippen LogP contribution in [0.15, 0.2) is 36.4 Å².